The highest BCUT2D eigenvalue weighted by Gasteiger charge is 2.35. The first-order chi connectivity index (χ1) is 16.9. The van der Waals surface area contributed by atoms with Crippen molar-refractivity contribution >= 4 is 33.0 Å². The summed E-state index contributed by atoms with van der Waals surface area (Å²) in [4.78, 5) is 13.4. The van der Waals surface area contributed by atoms with Crippen molar-refractivity contribution in [2.75, 3.05) is 29.4 Å². The maximum Gasteiger partial charge on any atom is 0.390 e. The Morgan fingerprint density at radius 2 is 1.92 bits per heavy atom. The minimum Gasteiger partial charge on any atom is -0.381 e. The van der Waals surface area contributed by atoms with E-state index in [0.717, 1.165) is 11.1 Å². The van der Waals surface area contributed by atoms with E-state index in [1.807, 2.05) is 11.6 Å². The second-order valence-electron chi connectivity index (χ2n) is 8.62. The molecule has 1 fully saturated rings. The summed E-state index contributed by atoms with van der Waals surface area (Å²) in [6, 6.07) is 5.56. The van der Waals surface area contributed by atoms with Gasteiger partial charge >= 0.3 is 6.18 Å². The molecule has 0 bridgehead atoms. The normalized spacial score (nSPS) is 16.1. The smallest absolute Gasteiger partial charge is 0.381 e. The zero-order valence-corrected chi connectivity index (χ0v) is 20.7. The van der Waals surface area contributed by atoms with Crippen LogP contribution in [0.25, 0.3) is 21.8 Å². The maximum atomic E-state index is 15.6. The molecule has 4 rings (SSSR count). The molecule has 0 atom stereocenters. The van der Waals surface area contributed by atoms with E-state index in [4.69, 9.17) is 15.5 Å². The van der Waals surface area contributed by atoms with Crippen molar-refractivity contribution in [3.8, 4) is 21.8 Å². The topological polar surface area (TPSA) is 120 Å². The first kappa shape index (κ1) is 26.2. The standard InChI is InChI=1S/C22H23F4N5O3S2/c1-21(6-10-34-11-7-21)19-30-17(18(35-19)15-5-9-28-20(27)29-15)13-3-2-4-14(16(13)23)31-36(32,33)12-8-22(24,25)26/h2-5,9,31H,6-8,10-12H2,1H3,(H2,27,28,29). The lowest BCUT2D eigenvalue weighted by atomic mass is 9.83. The molecule has 0 spiro atoms. The van der Waals surface area contributed by atoms with E-state index in [1.165, 1.54) is 29.7 Å². The van der Waals surface area contributed by atoms with Gasteiger partial charge in [0.25, 0.3) is 0 Å². The minimum atomic E-state index is -4.67. The van der Waals surface area contributed by atoms with Crippen molar-refractivity contribution < 1.29 is 30.7 Å². The number of nitrogens with zero attached hydrogens (tertiary/aromatic N) is 3. The Labute approximate surface area is 209 Å². The SMILES string of the molecule is CC1(c2nc(-c3cccc(NS(=O)(=O)CCC(F)(F)F)c3F)c(-c3ccnc(N)n3)s2)CCOCC1. The van der Waals surface area contributed by atoms with Crippen LogP contribution in [0, 0.1) is 5.82 Å². The Balaban J connectivity index is 1.78. The van der Waals surface area contributed by atoms with E-state index >= 15 is 4.39 Å². The van der Waals surface area contributed by atoms with Crippen molar-refractivity contribution in [2.24, 2.45) is 0 Å². The molecule has 0 radical (unpaired) electrons. The predicted molar refractivity (Wildman–Crippen MR) is 128 cm³/mol. The van der Waals surface area contributed by atoms with Crippen LogP contribution >= 0.6 is 11.3 Å². The third-order valence-corrected chi connectivity index (χ3v) is 8.48. The van der Waals surface area contributed by atoms with Crippen LogP contribution in [-0.2, 0) is 20.2 Å². The predicted octanol–water partition coefficient (Wildman–Crippen LogP) is 4.75. The summed E-state index contributed by atoms with van der Waals surface area (Å²) in [5.74, 6) is -2.19. The Bertz CT molecular complexity index is 1360. The molecule has 8 nitrogen and oxygen atoms in total. The molecule has 3 heterocycles. The van der Waals surface area contributed by atoms with Gasteiger partial charge in [-0.2, -0.15) is 13.2 Å². The quantitative estimate of drug-likeness (QED) is 0.411. The molecule has 0 unspecified atom stereocenters. The number of sulfonamides is 1. The van der Waals surface area contributed by atoms with Gasteiger partial charge in [0.05, 0.1) is 39.1 Å². The van der Waals surface area contributed by atoms with E-state index < -0.39 is 39.9 Å². The lowest BCUT2D eigenvalue weighted by molar-refractivity contribution is -0.129. The molecule has 194 valence electrons. The molecule has 14 heteroatoms. The second kappa shape index (κ2) is 9.90. The van der Waals surface area contributed by atoms with Gasteiger partial charge in [0, 0.05) is 30.4 Å². The molecular weight excluding hydrogens is 522 g/mol. The number of alkyl halides is 3. The van der Waals surface area contributed by atoms with Gasteiger partial charge in [0.1, 0.15) is 0 Å². The first-order valence-corrected chi connectivity index (χ1v) is 13.4. The molecule has 0 saturated carbocycles. The van der Waals surface area contributed by atoms with Crippen LogP contribution < -0.4 is 10.5 Å². The first-order valence-electron chi connectivity index (χ1n) is 10.9. The van der Waals surface area contributed by atoms with E-state index in [0.29, 0.717) is 36.6 Å². The summed E-state index contributed by atoms with van der Waals surface area (Å²) in [5.41, 5.74) is 5.54. The number of halogens is 4. The number of benzene rings is 1. The number of aromatic nitrogens is 3. The molecule has 1 aliphatic heterocycles. The molecule has 0 aliphatic carbocycles. The van der Waals surface area contributed by atoms with Crippen molar-refractivity contribution in [3.63, 3.8) is 0 Å². The van der Waals surface area contributed by atoms with Crippen LogP contribution in [0.2, 0.25) is 0 Å². The lowest BCUT2D eigenvalue weighted by Gasteiger charge is -2.31. The Morgan fingerprint density at radius 3 is 2.58 bits per heavy atom. The van der Waals surface area contributed by atoms with E-state index in [2.05, 4.69) is 9.97 Å². The van der Waals surface area contributed by atoms with E-state index in [-0.39, 0.29) is 22.6 Å². The van der Waals surface area contributed by atoms with Gasteiger partial charge in [0.15, 0.2) is 5.82 Å². The molecule has 3 aromatic rings. The number of nitrogens with two attached hydrogens (primary N) is 1. The highest BCUT2D eigenvalue weighted by Crippen LogP contribution is 2.44. The lowest BCUT2D eigenvalue weighted by Crippen LogP contribution is -2.30. The fraction of sp³-hybridized carbons (Fsp3) is 0.409. The van der Waals surface area contributed by atoms with Gasteiger partial charge in [0.2, 0.25) is 16.0 Å². The van der Waals surface area contributed by atoms with Crippen molar-refractivity contribution in [1.82, 2.24) is 15.0 Å². The fourth-order valence-corrected chi connectivity index (χ4v) is 6.08. The number of rotatable bonds is 7. The molecule has 36 heavy (non-hydrogen) atoms. The van der Waals surface area contributed by atoms with Gasteiger partial charge in [-0.3, -0.25) is 4.72 Å². The van der Waals surface area contributed by atoms with Crippen LogP contribution in [0.4, 0.5) is 29.2 Å². The third kappa shape index (κ3) is 5.93. The van der Waals surface area contributed by atoms with Crippen LogP contribution in [0.5, 0.6) is 0 Å². The Morgan fingerprint density at radius 1 is 1.19 bits per heavy atom. The summed E-state index contributed by atoms with van der Waals surface area (Å²) in [5, 5.41) is 0.726. The largest absolute Gasteiger partial charge is 0.390 e. The minimum absolute atomic E-state index is 0.0114. The summed E-state index contributed by atoms with van der Waals surface area (Å²) >= 11 is 1.32. The van der Waals surface area contributed by atoms with E-state index in [9.17, 15) is 21.6 Å². The maximum absolute atomic E-state index is 15.6. The van der Waals surface area contributed by atoms with Crippen LogP contribution in [-0.4, -0.2) is 48.5 Å². The average molecular weight is 546 g/mol. The molecular formula is C22H23F4N5O3S2. The van der Waals surface area contributed by atoms with Crippen LogP contribution in [0.15, 0.2) is 30.5 Å². The molecule has 1 aromatic carbocycles. The van der Waals surface area contributed by atoms with Gasteiger partial charge in [-0.15, -0.1) is 11.3 Å². The average Bonchev–Trinajstić information content (AvgIpc) is 3.26. The number of hydrogen-bond donors (Lipinski definition) is 2. The second-order valence-corrected chi connectivity index (χ2v) is 11.5. The van der Waals surface area contributed by atoms with Crippen molar-refractivity contribution in [3.05, 3.63) is 41.3 Å². The Hall–Kier alpha value is -2.84. The molecule has 3 N–H and O–H groups in total. The van der Waals surface area contributed by atoms with Gasteiger partial charge < -0.3 is 10.5 Å². The van der Waals surface area contributed by atoms with Gasteiger partial charge in [-0.1, -0.05) is 13.0 Å². The molecule has 1 saturated heterocycles. The summed E-state index contributed by atoms with van der Waals surface area (Å²) in [7, 11) is -4.46. The number of ether oxygens (including phenoxy) is 1. The number of hydrogen-bond acceptors (Lipinski definition) is 8. The molecule has 2 aromatic heterocycles. The zero-order chi connectivity index (χ0) is 26.1. The monoisotopic (exact) mass is 545 g/mol. The van der Waals surface area contributed by atoms with Crippen LogP contribution in [0.1, 0.15) is 31.2 Å². The van der Waals surface area contributed by atoms with Crippen molar-refractivity contribution in [2.45, 2.75) is 37.8 Å². The fourth-order valence-electron chi connectivity index (χ4n) is 3.73. The number of nitrogens with one attached hydrogen (secondary N) is 1. The summed E-state index contributed by atoms with van der Waals surface area (Å²) in [6.07, 6.45) is -3.36. The van der Waals surface area contributed by atoms with Gasteiger partial charge in [-0.25, -0.2) is 27.8 Å². The van der Waals surface area contributed by atoms with Crippen molar-refractivity contribution in [1.29, 1.82) is 0 Å². The highest BCUT2D eigenvalue weighted by molar-refractivity contribution is 7.92. The Kier molecular flexibility index (Phi) is 7.21. The number of thiazole rings is 1. The van der Waals surface area contributed by atoms with Gasteiger partial charge in [-0.05, 0) is 31.0 Å². The third-order valence-electron chi connectivity index (χ3n) is 5.82. The zero-order valence-electron chi connectivity index (χ0n) is 19.1. The number of anilines is 2. The molecule has 0 amide bonds. The van der Waals surface area contributed by atoms with Crippen LogP contribution in [0.3, 0.4) is 0 Å². The summed E-state index contributed by atoms with van der Waals surface area (Å²) < 4.78 is 84.9. The number of nitrogen functional groups attached to an aromatic ring is 1. The molecule has 1 aliphatic rings. The highest BCUT2D eigenvalue weighted by atomic mass is 32.2. The van der Waals surface area contributed by atoms with E-state index in [1.54, 1.807) is 6.07 Å². The summed E-state index contributed by atoms with van der Waals surface area (Å²) in [6.45, 7) is 3.13.